The molecule has 15 heteroatoms. The first-order valence-corrected chi connectivity index (χ1v) is 17.4. The van der Waals surface area contributed by atoms with Gasteiger partial charge in [-0.3, -0.25) is 4.79 Å². The molecule has 1 atom stereocenters. The maximum atomic E-state index is 15.8. The largest absolute Gasteiger partial charge is 0.495 e. The molecule has 262 valence electrons. The standard InChI is InChI=1S/C35H32ClF2N2O8PS/c1-33(2,3)32(41)47-35(42,48-49-43)34(37,38)28-17-14-25(19-29(28)36)22-40(50(44,45)31-11-6-5-10-30(31)46-4)21-23-12-15-26(16-13-23)27-9-7-8-24(18-27)20-39/h5-19,42H,21-22H2,1-4H3. The van der Waals surface area contributed by atoms with Gasteiger partial charge in [0.1, 0.15) is 10.6 Å². The normalized spacial score (nSPS) is 13.4. The summed E-state index contributed by atoms with van der Waals surface area (Å²) in [5.41, 5.74) is 0.429. The number of benzene rings is 4. The van der Waals surface area contributed by atoms with Crippen LogP contribution in [0.4, 0.5) is 8.78 Å². The number of rotatable bonds is 13. The van der Waals surface area contributed by atoms with Crippen LogP contribution in [0.15, 0.2) is 95.9 Å². The van der Waals surface area contributed by atoms with E-state index in [1.54, 1.807) is 48.5 Å². The highest BCUT2D eigenvalue weighted by atomic mass is 35.5. The van der Waals surface area contributed by atoms with Gasteiger partial charge in [-0.05, 0) is 73.4 Å². The van der Waals surface area contributed by atoms with Crippen LogP contribution in [0.2, 0.25) is 5.02 Å². The number of hydrogen-bond donors (Lipinski definition) is 1. The van der Waals surface area contributed by atoms with Crippen LogP contribution in [0.5, 0.6) is 5.75 Å². The zero-order chi connectivity index (χ0) is 36.9. The number of hydrogen-bond acceptors (Lipinski definition) is 9. The molecule has 0 fully saturated rings. The summed E-state index contributed by atoms with van der Waals surface area (Å²) in [6.45, 7) is 3.53. The molecule has 4 aromatic carbocycles. The number of methoxy groups -OCH3 is 1. The summed E-state index contributed by atoms with van der Waals surface area (Å²) in [6, 6.07) is 25.2. The van der Waals surface area contributed by atoms with Crippen molar-refractivity contribution in [3.8, 4) is 22.9 Å². The predicted octanol–water partition coefficient (Wildman–Crippen LogP) is 7.83. The van der Waals surface area contributed by atoms with Crippen molar-refractivity contribution in [1.82, 2.24) is 4.31 Å². The minimum atomic E-state index is -4.54. The van der Waals surface area contributed by atoms with Gasteiger partial charge in [0, 0.05) is 18.7 Å². The third kappa shape index (κ3) is 8.36. The van der Waals surface area contributed by atoms with Crippen LogP contribution in [0.1, 0.15) is 43.0 Å². The van der Waals surface area contributed by atoms with Gasteiger partial charge in [-0.15, -0.1) is 0 Å². The topological polar surface area (TPSA) is 143 Å². The Morgan fingerprint density at radius 1 is 0.940 bits per heavy atom. The summed E-state index contributed by atoms with van der Waals surface area (Å²) in [7, 11) is -4.38. The minimum Gasteiger partial charge on any atom is -0.495 e. The molecule has 0 bridgehead atoms. The number of ether oxygens (including phenoxy) is 2. The summed E-state index contributed by atoms with van der Waals surface area (Å²) >= 11 is 6.29. The highest BCUT2D eigenvalue weighted by Crippen LogP contribution is 2.46. The van der Waals surface area contributed by atoms with E-state index in [1.165, 1.54) is 46.1 Å². The SMILES string of the molecule is COc1ccccc1S(=O)(=O)N(Cc1ccc(-c2cccc(C#N)c2)cc1)Cc1ccc(C(F)(F)C(O)(OP=O)OC(=O)C(C)(C)C)c(Cl)c1. The molecule has 0 aliphatic carbocycles. The summed E-state index contributed by atoms with van der Waals surface area (Å²) in [6.07, 6.45) is 0. The average Bonchev–Trinajstić information content (AvgIpc) is 3.07. The van der Waals surface area contributed by atoms with Crippen LogP contribution in [-0.4, -0.2) is 36.9 Å². The van der Waals surface area contributed by atoms with Crippen LogP contribution in [0.25, 0.3) is 11.1 Å². The number of alkyl halides is 2. The Balaban J connectivity index is 1.71. The minimum absolute atomic E-state index is 0.0833. The molecule has 0 saturated heterocycles. The molecule has 4 rings (SSSR count). The van der Waals surface area contributed by atoms with E-state index in [0.29, 0.717) is 11.1 Å². The summed E-state index contributed by atoms with van der Waals surface area (Å²) < 4.78 is 86.3. The fourth-order valence-electron chi connectivity index (χ4n) is 4.73. The number of para-hydroxylation sites is 1. The van der Waals surface area contributed by atoms with E-state index in [4.69, 9.17) is 16.3 Å². The van der Waals surface area contributed by atoms with Crippen molar-refractivity contribution in [2.24, 2.45) is 5.41 Å². The molecular formula is C35H32ClF2N2O8PS. The van der Waals surface area contributed by atoms with Gasteiger partial charge in [0.25, 0.3) is 0 Å². The van der Waals surface area contributed by atoms with Gasteiger partial charge in [0.2, 0.25) is 10.0 Å². The Bertz CT molecular complexity index is 2040. The molecule has 0 spiro atoms. The lowest BCUT2D eigenvalue weighted by Gasteiger charge is -2.34. The second-order valence-corrected chi connectivity index (χ2v) is 14.7. The van der Waals surface area contributed by atoms with E-state index in [0.717, 1.165) is 33.6 Å². The molecule has 0 aromatic heterocycles. The lowest BCUT2D eigenvalue weighted by molar-refractivity contribution is -0.397. The van der Waals surface area contributed by atoms with Crippen molar-refractivity contribution in [1.29, 1.82) is 5.26 Å². The quantitative estimate of drug-likeness (QED) is 0.0823. The van der Waals surface area contributed by atoms with Gasteiger partial charge in [-0.2, -0.15) is 18.3 Å². The molecule has 1 unspecified atom stereocenters. The van der Waals surface area contributed by atoms with Crippen molar-refractivity contribution in [2.75, 3.05) is 7.11 Å². The maximum Gasteiger partial charge on any atom is 0.409 e. The third-order valence-electron chi connectivity index (χ3n) is 7.46. The Hall–Kier alpha value is -4.28. The molecule has 4 aromatic rings. The van der Waals surface area contributed by atoms with E-state index in [2.05, 4.69) is 15.3 Å². The van der Waals surface area contributed by atoms with Gasteiger partial charge in [0.05, 0.1) is 29.2 Å². The molecule has 0 aliphatic heterocycles. The molecule has 0 saturated carbocycles. The number of nitriles is 1. The lowest BCUT2D eigenvalue weighted by Crippen LogP contribution is -2.51. The molecular weight excluding hydrogens is 713 g/mol. The van der Waals surface area contributed by atoms with Gasteiger partial charge in [-0.25, -0.2) is 17.5 Å². The first kappa shape index (κ1) is 38.5. The number of nitrogens with zero attached hydrogens (tertiary/aromatic N) is 2. The van der Waals surface area contributed by atoms with E-state index in [1.807, 2.05) is 6.07 Å². The Morgan fingerprint density at radius 3 is 2.18 bits per heavy atom. The predicted molar refractivity (Wildman–Crippen MR) is 181 cm³/mol. The Labute approximate surface area is 295 Å². The molecule has 10 nitrogen and oxygen atoms in total. The number of carbonyl (C=O) groups excluding carboxylic acids is 1. The Kier molecular flexibility index (Phi) is 11.8. The fourth-order valence-corrected chi connectivity index (χ4v) is 6.87. The highest BCUT2D eigenvalue weighted by Gasteiger charge is 2.62. The van der Waals surface area contributed by atoms with Crippen molar-refractivity contribution in [3.05, 3.63) is 118 Å². The molecule has 0 radical (unpaired) electrons. The molecule has 0 amide bonds. The third-order valence-corrected chi connectivity index (χ3v) is 9.92. The number of halogens is 3. The van der Waals surface area contributed by atoms with Crippen LogP contribution in [-0.2, 0) is 47.7 Å². The van der Waals surface area contributed by atoms with E-state index in [9.17, 15) is 28.1 Å². The molecule has 0 heterocycles. The molecule has 0 aliphatic rings. The van der Waals surface area contributed by atoms with Crippen LogP contribution < -0.4 is 4.74 Å². The van der Waals surface area contributed by atoms with Gasteiger partial charge in [0.15, 0.2) is 0 Å². The fraction of sp³-hybridized carbons (Fsp3) is 0.257. The van der Waals surface area contributed by atoms with Gasteiger partial charge >= 0.3 is 26.6 Å². The number of sulfonamides is 1. The number of aliphatic hydroxyl groups is 1. The first-order valence-electron chi connectivity index (χ1n) is 14.8. The van der Waals surface area contributed by atoms with E-state index in [-0.39, 0.29) is 29.3 Å². The maximum absolute atomic E-state index is 15.8. The van der Waals surface area contributed by atoms with E-state index >= 15 is 8.78 Å². The Morgan fingerprint density at radius 2 is 1.58 bits per heavy atom. The monoisotopic (exact) mass is 744 g/mol. The van der Waals surface area contributed by atoms with Gasteiger partial charge < -0.3 is 14.6 Å². The molecule has 1 N–H and O–H groups in total. The number of esters is 1. The van der Waals surface area contributed by atoms with Crippen LogP contribution in [0.3, 0.4) is 0 Å². The summed E-state index contributed by atoms with van der Waals surface area (Å²) in [5.74, 6) is -9.75. The average molecular weight is 745 g/mol. The summed E-state index contributed by atoms with van der Waals surface area (Å²) in [4.78, 5) is 12.3. The second kappa shape index (κ2) is 15.3. The van der Waals surface area contributed by atoms with Crippen molar-refractivity contribution in [2.45, 2.75) is 50.7 Å². The van der Waals surface area contributed by atoms with Crippen molar-refractivity contribution < 1.29 is 45.7 Å². The van der Waals surface area contributed by atoms with Gasteiger partial charge in [-0.1, -0.05) is 72.3 Å². The smallest absolute Gasteiger partial charge is 0.409 e. The number of carbonyl (C=O) groups is 1. The van der Waals surface area contributed by atoms with Crippen LogP contribution >= 0.6 is 20.3 Å². The zero-order valence-corrected chi connectivity index (χ0v) is 29.7. The van der Waals surface area contributed by atoms with Crippen molar-refractivity contribution in [3.63, 3.8) is 0 Å². The van der Waals surface area contributed by atoms with E-state index < -0.39 is 52.6 Å². The zero-order valence-electron chi connectivity index (χ0n) is 27.3. The molecule has 50 heavy (non-hydrogen) atoms. The summed E-state index contributed by atoms with van der Waals surface area (Å²) in [5, 5.41) is 19.3. The first-order chi connectivity index (χ1) is 23.5. The second-order valence-electron chi connectivity index (χ2n) is 12.1. The van der Waals surface area contributed by atoms with Crippen LogP contribution in [0, 0.1) is 16.7 Å². The highest BCUT2D eigenvalue weighted by molar-refractivity contribution is 7.89. The van der Waals surface area contributed by atoms with Crippen molar-refractivity contribution >= 4 is 36.3 Å². The lowest BCUT2D eigenvalue weighted by atomic mass is 9.97.